The van der Waals surface area contributed by atoms with Crippen LogP contribution in [0.3, 0.4) is 0 Å². The first-order valence-corrected chi connectivity index (χ1v) is 8.00. The molecule has 0 bridgehead atoms. The van der Waals surface area contributed by atoms with E-state index in [0.29, 0.717) is 31.8 Å². The summed E-state index contributed by atoms with van der Waals surface area (Å²) in [4.78, 5) is 0. The predicted octanol–water partition coefficient (Wildman–Crippen LogP) is 3.55. The van der Waals surface area contributed by atoms with E-state index in [1.807, 2.05) is 20.8 Å². The Morgan fingerprint density at radius 2 is 1.57 bits per heavy atom. The maximum atomic E-state index is 5.78. The molecule has 2 unspecified atom stereocenters. The lowest BCUT2D eigenvalue weighted by molar-refractivity contribution is 0.259. The lowest BCUT2D eigenvalue weighted by Gasteiger charge is -2.21. The van der Waals surface area contributed by atoms with E-state index >= 15 is 0 Å². The summed E-state index contributed by atoms with van der Waals surface area (Å²) in [6.45, 7) is 11.1. The third kappa shape index (κ3) is 3.62. The van der Waals surface area contributed by atoms with Gasteiger partial charge in [0, 0.05) is 6.04 Å². The van der Waals surface area contributed by atoms with Gasteiger partial charge in [-0.2, -0.15) is 0 Å². The van der Waals surface area contributed by atoms with Gasteiger partial charge in [-0.05, 0) is 57.4 Å². The average Bonchev–Trinajstić information content (AvgIpc) is 2.89. The van der Waals surface area contributed by atoms with Crippen molar-refractivity contribution in [1.82, 2.24) is 5.32 Å². The second-order valence-electron chi connectivity index (χ2n) is 5.34. The summed E-state index contributed by atoms with van der Waals surface area (Å²) in [6, 6.07) is 4.55. The first kappa shape index (κ1) is 16.0. The highest BCUT2D eigenvalue weighted by molar-refractivity contribution is 5.54. The van der Waals surface area contributed by atoms with Crippen LogP contribution < -0.4 is 19.5 Å². The average molecular weight is 293 g/mol. The van der Waals surface area contributed by atoms with Gasteiger partial charge in [0.2, 0.25) is 5.75 Å². The number of nitrogens with one attached hydrogen (secondary N) is 1. The maximum Gasteiger partial charge on any atom is 0.203 e. The molecule has 1 fully saturated rings. The third-order valence-electron chi connectivity index (χ3n) is 3.82. The molecule has 21 heavy (non-hydrogen) atoms. The molecule has 0 spiro atoms. The van der Waals surface area contributed by atoms with Crippen molar-refractivity contribution in [2.24, 2.45) is 5.92 Å². The Labute approximate surface area is 127 Å². The van der Waals surface area contributed by atoms with E-state index in [9.17, 15) is 0 Å². The van der Waals surface area contributed by atoms with Gasteiger partial charge < -0.3 is 19.5 Å². The Kier molecular flexibility index (Phi) is 5.74. The largest absolute Gasteiger partial charge is 0.490 e. The highest BCUT2D eigenvalue weighted by atomic mass is 16.5. The summed E-state index contributed by atoms with van der Waals surface area (Å²) in [6.07, 6.45) is 1.20. The van der Waals surface area contributed by atoms with Crippen LogP contribution in [0.1, 0.15) is 45.7 Å². The molecule has 4 nitrogen and oxygen atoms in total. The van der Waals surface area contributed by atoms with Crippen LogP contribution in [0.15, 0.2) is 12.1 Å². The summed E-state index contributed by atoms with van der Waals surface area (Å²) in [5.41, 5.74) is 1.22. The first-order chi connectivity index (χ1) is 10.2. The van der Waals surface area contributed by atoms with Gasteiger partial charge in [-0.1, -0.05) is 6.92 Å². The minimum absolute atomic E-state index is 0.360. The fourth-order valence-electron chi connectivity index (χ4n) is 2.87. The van der Waals surface area contributed by atoms with Gasteiger partial charge in [-0.3, -0.25) is 0 Å². The van der Waals surface area contributed by atoms with E-state index < -0.39 is 0 Å². The first-order valence-electron chi connectivity index (χ1n) is 8.00. The van der Waals surface area contributed by atoms with Crippen LogP contribution in [-0.4, -0.2) is 26.4 Å². The van der Waals surface area contributed by atoms with Crippen LogP contribution in [0, 0.1) is 5.92 Å². The number of ether oxygens (including phenoxy) is 3. The van der Waals surface area contributed by atoms with E-state index in [-0.39, 0.29) is 0 Å². The molecule has 1 heterocycles. The molecule has 0 aliphatic carbocycles. The van der Waals surface area contributed by atoms with Gasteiger partial charge in [-0.25, -0.2) is 0 Å². The van der Waals surface area contributed by atoms with Gasteiger partial charge >= 0.3 is 0 Å². The van der Waals surface area contributed by atoms with Crippen LogP contribution in [0.2, 0.25) is 0 Å². The molecule has 1 aromatic carbocycles. The minimum atomic E-state index is 0.360. The molecule has 0 saturated carbocycles. The van der Waals surface area contributed by atoms with E-state index in [2.05, 4.69) is 24.4 Å². The molecule has 0 radical (unpaired) electrons. The second kappa shape index (κ2) is 7.55. The lowest BCUT2D eigenvalue weighted by Crippen LogP contribution is -2.17. The zero-order chi connectivity index (χ0) is 15.2. The van der Waals surface area contributed by atoms with Gasteiger partial charge in [0.25, 0.3) is 0 Å². The Hall–Kier alpha value is -1.42. The zero-order valence-corrected chi connectivity index (χ0v) is 13.6. The standard InChI is InChI=1S/C17H27NO3/c1-5-19-14-10-13(16-12(4)8-9-18-16)11-15(20-6-2)17(14)21-7-3/h10-12,16,18H,5-9H2,1-4H3. The molecule has 1 aromatic rings. The van der Waals surface area contributed by atoms with E-state index in [0.717, 1.165) is 23.8 Å². The van der Waals surface area contributed by atoms with E-state index in [1.54, 1.807) is 0 Å². The monoisotopic (exact) mass is 293 g/mol. The normalized spacial score (nSPS) is 21.3. The van der Waals surface area contributed by atoms with Crippen LogP contribution in [0.25, 0.3) is 0 Å². The molecule has 118 valence electrons. The van der Waals surface area contributed by atoms with Crippen molar-refractivity contribution in [3.8, 4) is 17.2 Å². The number of rotatable bonds is 7. The molecular formula is C17H27NO3. The van der Waals surface area contributed by atoms with Gasteiger partial charge in [0.15, 0.2) is 11.5 Å². The second-order valence-corrected chi connectivity index (χ2v) is 5.34. The van der Waals surface area contributed by atoms with Crippen molar-refractivity contribution in [2.45, 2.75) is 40.2 Å². The molecule has 1 aliphatic heterocycles. The van der Waals surface area contributed by atoms with Crippen molar-refractivity contribution >= 4 is 0 Å². The summed E-state index contributed by atoms with van der Waals surface area (Å²) in [7, 11) is 0. The molecular weight excluding hydrogens is 266 g/mol. The van der Waals surface area contributed by atoms with Crippen molar-refractivity contribution < 1.29 is 14.2 Å². The van der Waals surface area contributed by atoms with Crippen molar-refractivity contribution in [1.29, 1.82) is 0 Å². The summed E-state index contributed by atoms with van der Waals surface area (Å²) >= 11 is 0. The van der Waals surface area contributed by atoms with Crippen molar-refractivity contribution in [2.75, 3.05) is 26.4 Å². The molecule has 4 heteroatoms. The molecule has 2 rings (SSSR count). The SMILES string of the molecule is CCOc1cc(C2NCCC2C)cc(OCC)c1OCC. The molecule has 0 aromatic heterocycles. The number of hydrogen-bond donors (Lipinski definition) is 1. The quantitative estimate of drug-likeness (QED) is 0.834. The molecule has 1 aliphatic rings. The summed E-state index contributed by atoms with van der Waals surface area (Å²) in [5.74, 6) is 2.89. The van der Waals surface area contributed by atoms with E-state index in [1.165, 1.54) is 12.0 Å². The topological polar surface area (TPSA) is 39.7 Å². The highest BCUT2D eigenvalue weighted by Gasteiger charge is 2.27. The van der Waals surface area contributed by atoms with Crippen molar-refractivity contribution in [3.05, 3.63) is 17.7 Å². The summed E-state index contributed by atoms with van der Waals surface area (Å²) < 4.78 is 17.3. The highest BCUT2D eigenvalue weighted by Crippen LogP contribution is 2.42. The predicted molar refractivity (Wildman–Crippen MR) is 84.5 cm³/mol. The smallest absolute Gasteiger partial charge is 0.203 e. The third-order valence-corrected chi connectivity index (χ3v) is 3.82. The molecule has 2 atom stereocenters. The lowest BCUT2D eigenvalue weighted by atomic mass is 9.95. The van der Waals surface area contributed by atoms with Gasteiger partial charge in [0.1, 0.15) is 0 Å². The van der Waals surface area contributed by atoms with Crippen molar-refractivity contribution in [3.63, 3.8) is 0 Å². The van der Waals surface area contributed by atoms with Crippen LogP contribution in [0.5, 0.6) is 17.2 Å². The van der Waals surface area contributed by atoms with Crippen LogP contribution in [-0.2, 0) is 0 Å². The van der Waals surface area contributed by atoms with Gasteiger partial charge in [-0.15, -0.1) is 0 Å². The molecule has 1 N–H and O–H groups in total. The Balaban J connectivity index is 2.41. The number of hydrogen-bond acceptors (Lipinski definition) is 4. The Morgan fingerprint density at radius 3 is 2.00 bits per heavy atom. The Bertz CT molecular complexity index is 434. The van der Waals surface area contributed by atoms with E-state index in [4.69, 9.17) is 14.2 Å². The van der Waals surface area contributed by atoms with Crippen LogP contribution >= 0.6 is 0 Å². The molecule has 1 saturated heterocycles. The molecule has 0 amide bonds. The maximum absolute atomic E-state index is 5.78. The summed E-state index contributed by atoms with van der Waals surface area (Å²) in [5, 5.41) is 3.56. The minimum Gasteiger partial charge on any atom is -0.490 e. The van der Waals surface area contributed by atoms with Crippen LogP contribution in [0.4, 0.5) is 0 Å². The Morgan fingerprint density at radius 1 is 1.00 bits per heavy atom. The van der Waals surface area contributed by atoms with Gasteiger partial charge in [0.05, 0.1) is 19.8 Å². The number of benzene rings is 1. The zero-order valence-electron chi connectivity index (χ0n) is 13.6. The fraction of sp³-hybridized carbons (Fsp3) is 0.647. The fourth-order valence-corrected chi connectivity index (χ4v) is 2.87.